The normalized spacial score (nSPS) is 10.8. The minimum Gasteiger partial charge on any atom is -0.358 e. The quantitative estimate of drug-likeness (QED) is 0.523. The van der Waals surface area contributed by atoms with E-state index in [9.17, 15) is 20.2 Å². The third-order valence-corrected chi connectivity index (χ3v) is 3.55. The highest BCUT2D eigenvalue weighted by Gasteiger charge is 2.24. The van der Waals surface area contributed by atoms with Crippen molar-refractivity contribution >= 4 is 33.1 Å². The smallest absolute Gasteiger partial charge is 0.355 e. The zero-order valence-electron chi connectivity index (χ0n) is 10.8. The van der Waals surface area contributed by atoms with Gasteiger partial charge in [0.1, 0.15) is 6.20 Å². The third-order valence-electron chi connectivity index (χ3n) is 3.08. The molecule has 0 aliphatic heterocycles. The molecule has 0 fully saturated rings. The van der Waals surface area contributed by atoms with E-state index in [1.54, 1.807) is 18.3 Å². The van der Waals surface area contributed by atoms with Gasteiger partial charge in [0.05, 0.1) is 9.40 Å². The van der Waals surface area contributed by atoms with Crippen molar-refractivity contribution < 1.29 is 9.85 Å². The lowest BCUT2D eigenvalue weighted by atomic mass is 10.1. The largest absolute Gasteiger partial charge is 0.358 e. The molecule has 0 aliphatic rings. The van der Waals surface area contributed by atoms with Gasteiger partial charge in [0.15, 0.2) is 5.69 Å². The summed E-state index contributed by atoms with van der Waals surface area (Å²) in [6.07, 6.45) is 1.55. The molecule has 0 amide bonds. The molecule has 3 rings (SSSR count). The van der Waals surface area contributed by atoms with E-state index in [2.05, 4.69) is 20.9 Å². The molecule has 1 aromatic carbocycles. The first-order chi connectivity index (χ1) is 10.5. The second kappa shape index (κ2) is 5.19. The molecule has 0 atom stereocenters. The minimum atomic E-state index is -0.529. The zero-order valence-corrected chi connectivity index (χ0v) is 12.4. The highest BCUT2D eigenvalue weighted by molar-refractivity contribution is 9.10. The number of nitrogens with zero attached hydrogens (tertiary/aromatic N) is 4. The number of benzene rings is 1. The van der Waals surface area contributed by atoms with Crippen LogP contribution >= 0.6 is 15.9 Å². The first-order valence-corrected chi connectivity index (χ1v) is 6.83. The number of aromatic nitrogens is 2. The molecule has 2 heterocycles. The molecule has 0 radical (unpaired) electrons. The van der Waals surface area contributed by atoms with Crippen molar-refractivity contribution in [2.75, 3.05) is 0 Å². The SMILES string of the molecule is O=[N+]([O-])c1ccc(-c2nc3ccc(Br)cn3c2[N+](=O)[O-])cc1. The van der Waals surface area contributed by atoms with Crippen molar-refractivity contribution in [3.8, 4) is 11.3 Å². The summed E-state index contributed by atoms with van der Waals surface area (Å²) in [5.74, 6) is -0.190. The maximum atomic E-state index is 11.4. The second-order valence-corrected chi connectivity index (χ2v) is 5.34. The number of rotatable bonds is 3. The number of hydrogen-bond donors (Lipinski definition) is 0. The molecule has 22 heavy (non-hydrogen) atoms. The van der Waals surface area contributed by atoms with Crippen LogP contribution in [0.2, 0.25) is 0 Å². The summed E-state index contributed by atoms with van der Waals surface area (Å²) in [7, 11) is 0. The van der Waals surface area contributed by atoms with Crippen LogP contribution in [0.5, 0.6) is 0 Å². The summed E-state index contributed by atoms with van der Waals surface area (Å²) in [6, 6.07) is 8.85. The van der Waals surface area contributed by atoms with E-state index in [1.807, 2.05) is 0 Å². The van der Waals surface area contributed by atoms with Crippen LogP contribution in [-0.4, -0.2) is 19.2 Å². The number of fused-ring (bicyclic) bond motifs is 1. The number of pyridine rings is 1. The zero-order chi connectivity index (χ0) is 15.9. The standard InChI is InChI=1S/C13H7BrN4O4/c14-9-3-6-11-15-12(13(18(21)22)16(11)7-9)8-1-4-10(5-2-8)17(19)20/h1-7H. The summed E-state index contributed by atoms with van der Waals surface area (Å²) in [5, 5.41) is 22.1. The number of non-ortho nitro benzene ring substituents is 1. The fourth-order valence-electron chi connectivity index (χ4n) is 2.12. The van der Waals surface area contributed by atoms with Crippen LogP contribution in [0.3, 0.4) is 0 Å². The number of hydrogen-bond acceptors (Lipinski definition) is 5. The van der Waals surface area contributed by atoms with Gasteiger partial charge >= 0.3 is 5.82 Å². The maximum Gasteiger partial charge on any atom is 0.355 e. The monoisotopic (exact) mass is 362 g/mol. The van der Waals surface area contributed by atoms with Gasteiger partial charge in [0.2, 0.25) is 5.65 Å². The van der Waals surface area contributed by atoms with Crippen LogP contribution in [-0.2, 0) is 0 Å². The van der Waals surface area contributed by atoms with E-state index in [4.69, 9.17) is 0 Å². The predicted molar refractivity (Wildman–Crippen MR) is 81.6 cm³/mol. The summed E-state index contributed by atoms with van der Waals surface area (Å²) in [4.78, 5) is 25.2. The minimum absolute atomic E-state index is 0.0853. The average Bonchev–Trinajstić information content (AvgIpc) is 2.85. The van der Waals surface area contributed by atoms with Crippen molar-refractivity contribution in [1.82, 2.24) is 9.38 Å². The van der Waals surface area contributed by atoms with Gasteiger partial charge < -0.3 is 10.1 Å². The van der Waals surface area contributed by atoms with Crippen LogP contribution in [0.4, 0.5) is 11.5 Å². The number of imidazole rings is 1. The lowest BCUT2D eigenvalue weighted by Crippen LogP contribution is -1.96. The van der Waals surface area contributed by atoms with Gasteiger partial charge in [-0.1, -0.05) is 0 Å². The van der Waals surface area contributed by atoms with E-state index < -0.39 is 9.85 Å². The predicted octanol–water partition coefficient (Wildman–Crippen LogP) is 3.58. The molecule has 8 nitrogen and oxygen atoms in total. The van der Waals surface area contributed by atoms with Gasteiger partial charge in [-0.3, -0.25) is 10.1 Å². The van der Waals surface area contributed by atoms with Gasteiger partial charge in [0, 0.05) is 23.8 Å². The van der Waals surface area contributed by atoms with E-state index in [0.717, 1.165) is 0 Å². The Morgan fingerprint density at radius 2 is 1.68 bits per heavy atom. The number of halogens is 1. The van der Waals surface area contributed by atoms with Gasteiger partial charge in [-0.2, -0.15) is 9.38 Å². The van der Waals surface area contributed by atoms with Crippen LogP contribution < -0.4 is 0 Å². The molecule has 9 heteroatoms. The molecule has 2 aromatic heterocycles. The van der Waals surface area contributed by atoms with Crippen LogP contribution in [0.15, 0.2) is 47.1 Å². The first kappa shape index (κ1) is 14.1. The van der Waals surface area contributed by atoms with E-state index >= 15 is 0 Å². The Morgan fingerprint density at radius 1 is 1.00 bits per heavy atom. The molecule has 0 saturated heterocycles. The van der Waals surface area contributed by atoms with Crippen molar-refractivity contribution in [3.05, 3.63) is 67.3 Å². The Morgan fingerprint density at radius 3 is 2.27 bits per heavy atom. The van der Waals surface area contributed by atoms with Crippen molar-refractivity contribution in [2.24, 2.45) is 0 Å². The molecule has 3 aromatic rings. The Labute approximate surface area is 131 Å². The molecule has 0 aliphatic carbocycles. The van der Waals surface area contributed by atoms with Crippen LogP contribution in [0, 0.1) is 20.2 Å². The Balaban J connectivity index is 2.23. The number of nitro benzene ring substituents is 1. The third kappa shape index (κ3) is 2.31. The van der Waals surface area contributed by atoms with E-state index in [-0.39, 0.29) is 17.2 Å². The van der Waals surface area contributed by atoms with Crippen LogP contribution in [0.1, 0.15) is 0 Å². The second-order valence-electron chi connectivity index (χ2n) is 4.42. The summed E-state index contributed by atoms with van der Waals surface area (Å²) < 4.78 is 2.04. The molecular formula is C13H7BrN4O4. The first-order valence-electron chi connectivity index (χ1n) is 6.04. The molecule has 0 bridgehead atoms. The van der Waals surface area contributed by atoms with Gasteiger partial charge in [-0.15, -0.1) is 0 Å². The highest BCUT2D eigenvalue weighted by atomic mass is 79.9. The van der Waals surface area contributed by atoms with Gasteiger partial charge in [-0.25, -0.2) is 0 Å². The fraction of sp³-hybridized carbons (Fsp3) is 0. The topological polar surface area (TPSA) is 104 Å². The van der Waals surface area contributed by atoms with Crippen molar-refractivity contribution in [3.63, 3.8) is 0 Å². The Kier molecular flexibility index (Phi) is 3.33. The number of nitro groups is 2. The fourth-order valence-corrected chi connectivity index (χ4v) is 2.45. The molecule has 0 saturated carbocycles. The Hall–Kier alpha value is -2.81. The van der Waals surface area contributed by atoms with Gasteiger partial charge in [-0.05, 0) is 39.1 Å². The van der Waals surface area contributed by atoms with Crippen molar-refractivity contribution in [2.45, 2.75) is 0 Å². The van der Waals surface area contributed by atoms with Crippen LogP contribution in [0.25, 0.3) is 16.9 Å². The van der Waals surface area contributed by atoms with Crippen molar-refractivity contribution in [1.29, 1.82) is 0 Å². The average molecular weight is 363 g/mol. The summed E-state index contributed by atoms with van der Waals surface area (Å²) in [6.45, 7) is 0. The van der Waals surface area contributed by atoms with E-state index in [0.29, 0.717) is 15.7 Å². The highest BCUT2D eigenvalue weighted by Crippen LogP contribution is 2.32. The van der Waals surface area contributed by atoms with Gasteiger partial charge in [0.25, 0.3) is 5.69 Å². The maximum absolute atomic E-state index is 11.4. The molecule has 0 unspecified atom stereocenters. The lowest BCUT2D eigenvalue weighted by molar-refractivity contribution is -0.389. The Bertz CT molecular complexity index is 904. The molecule has 0 N–H and O–H groups in total. The summed E-state index contributed by atoms with van der Waals surface area (Å²) in [5.41, 5.74) is 0.941. The summed E-state index contributed by atoms with van der Waals surface area (Å²) >= 11 is 3.26. The molecule has 110 valence electrons. The molecule has 0 spiro atoms. The molecular weight excluding hydrogens is 356 g/mol. The van der Waals surface area contributed by atoms with E-state index in [1.165, 1.54) is 28.7 Å². The lowest BCUT2D eigenvalue weighted by Gasteiger charge is -1.99.